The molecule has 3 N–H and O–H groups in total. The summed E-state index contributed by atoms with van der Waals surface area (Å²) in [6, 6.07) is -0.0151. The molecular weight excluding hydrogens is 166 g/mol. The number of nitrogens with one attached hydrogen (secondary N) is 1. The van der Waals surface area contributed by atoms with Gasteiger partial charge in [0.15, 0.2) is 0 Å². The van der Waals surface area contributed by atoms with Crippen LogP contribution in [0, 0.1) is 0 Å². The lowest BCUT2D eigenvalue weighted by Gasteiger charge is -2.21. The van der Waals surface area contributed by atoms with Gasteiger partial charge in [0, 0.05) is 13.1 Å². The Morgan fingerprint density at radius 3 is 3.08 bits per heavy atom. The Bertz CT molecular complexity index is 172. The molecule has 0 bridgehead atoms. The van der Waals surface area contributed by atoms with E-state index in [-0.39, 0.29) is 11.9 Å². The van der Waals surface area contributed by atoms with Crippen LogP contribution in [0.5, 0.6) is 0 Å². The summed E-state index contributed by atoms with van der Waals surface area (Å²) in [6.07, 6.45) is 2.03. The summed E-state index contributed by atoms with van der Waals surface area (Å²) in [5, 5.41) is 3.24. The Morgan fingerprint density at radius 1 is 1.69 bits per heavy atom. The van der Waals surface area contributed by atoms with E-state index >= 15 is 0 Å². The van der Waals surface area contributed by atoms with Crippen molar-refractivity contribution >= 4 is 5.91 Å². The maximum Gasteiger partial charge on any atom is 0.234 e. The van der Waals surface area contributed by atoms with E-state index in [0.717, 1.165) is 39.0 Å². The van der Waals surface area contributed by atoms with Gasteiger partial charge in [0.1, 0.15) is 0 Å². The average Bonchev–Trinajstić information content (AvgIpc) is 2.53. The Balaban J connectivity index is 2.27. The second-order valence-electron chi connectivity index (χ2n) is 3.45. The van der Waals surface area contributed by atoms with Crippen LogP contribution in [0.4, 0.5) is 0 Å². The Hall–Kier alpha value is -0.610. The van der Waals surface area contributed by atoms with E-state index in [1.54, 1.807) is 0 Å². The molecule has 1 unspecified atom stereocenters. The van der Waals surface area contributed by atoms with Gasteiger partial charge in [-0.25, -0.2) is 0 Å². The van der Waals surface area contributed by atoms with Crippen LogP contribution >= 0.6 is 0 Å². The molecule has 0 aromatic heterocycles. The number of carbonyl (C=O) groups is 1. The van der Waals surface area contributed by atoms with Crippen LogP contribution in [-0.2, 0) is 4.79 Å². The van der Waals surface area contributed by atoms with Crippen molar-refractivity contribution in [3.63, 3.8) is 0 Å². The third-order valence-corrected chi connectivity index (χ3v) is 2.52. The first-order valence-electron chi connectivity index (χ1n) is 4.99. The number of amides is 1. The third-order valence-electron chi connectivity index (χ3n) is 2.52. The summed E-state index contributed by atoms with van der Waals surface area (Å²) in [5.74, 6) is -0.172. The predicted octanol–water partition coefficient (Wildman–Crippen LogP) is -0.454. The predicted molar refractivity (Wildman–Crippen MR) is 52.3 cm³/mol. The van der Waals surface area contributed by atoms with Crippen molar-refractivity contribution in [1.29, 1.82) is 0 Å². The molecule has 0 aromatic rings. The molecule has 4 nitrogen and oxygen atoms in total. The van der Waals surface area contributed by atoms with Gasteiger partial charge in [0.25, 0.3) is 0 Å². The molecule has 1 rings (SSSR count). The second kappa shape index (κ2) is 5.19. The van der Waals surface area contributed by atoms with E-state index in [2.05, 4.69) is 17.1 Å². The number of likely N-dealkylation sites (tertiary alicyclic amines) is 1. The minimum Gasteiger partial charge on any atom is -0.368 e. The average molecular weight is 185 g/mol. The summed E-state index contributed by atoms with van der Waals surface area (Å²) < 4.78 is 0. The van der Waals surface area contributed by atoms with Gasteiger partial charge in [-0.15, -0.1) is 0 Å². The van der Waals surface area contributed by atoms with Gasteiger partial charge in [-0.1, -0.05) is 6.92 Å². The van der Waals surface area contributed by atoms with Crippen LogP contribution in [-0.4, -0.2) is 43.0 Å². The number of nitrogens with zero attached hydrogens (tertiary/aromatic N) is 1. The second-order valence-corrected chi connectivity index (χ2v) is 3.45. The standard InChI is InChI=1S/C9H19N3O/c1-2-11-5-7-12-6-3-4-8(12)9(10)13/h8,11H,2-7H2,1H3,(H2,10,13). The number of nitrogens with two attached hydrogens (primary N) is 1. The zero-order valence-electron chi connectivity index (χ0n) is 8.25. The number of rotatable bonds is 5. The maximum atomic E-state index is 11.0. The third kappa shape index (κ3) is 2.97. The number of hydrogen-bond donors (Lipinski definition) is 2. The molecule has 1 heterocycles. The number of primary amides is 1. The van der Waals surface area contributed by atoms with Gasteiger partial charge in [0.05, 0.1) is 6.04 Å². The first kappa shape index (κ1) is 10.5. The van der Waals surface area contributed by atoms with E-state index in [1.807, 2.05) is 0 Å². The van der Waals surface area contributed by atoms with E-state index in [4.69, 9.17) is 5.73 Å². The quantitative estimate of drug-likeness (QED) is 0.570. The molecule has 1 aliphatic rings. The number of hydrogen-bond acceptors (Lipinski definition) is 3. The van der Waals surface area contributed by atoms with E-state index < -0.39 is 0 Å². The molecule has 13 heavy (non-hydrogen) atoms. The fourth-order valence-electron chi connectivity index (χ4n) is 1.82. The van der Waals surface area contributed by atoms with Crippen LogP contribution in [0.1, 0.15) is 19.8 Å². The van der Waals surface area contributed by atoms with Gasteiger partial charge in [0.2, 0.25) is 5.91 Å². The number of likely N-dealkylation sites (N-methyl/N-ethyl adjacent to an activating group) is 1. The summed E-state index contributed by atoms with van der Waals surface area (Å²) in [4.78, 5) is 13.2. The lowest BCUT2D eigenvalue weighted by Crippen LogP contribution is -2.43. The van der Waals surface area contributed by atoms with Crippen LogP contribution in [0.2, 0.25) is 0 Å². The van der Waals surface area contributed by atoms with E-state index in [9.17, 15) is 4.79 Å². The SMILES string of the molecule is CCNCCN1CCCC1C(N)=O. The van der Waals surface area contributed by atoms with Gasteiger partial charge in [-0.05, 0) is 25.9 Å². The van der Waals surface area contributed by atoms with Crippen LogP contribution in [0.3, 0.4) is 0 Å². The van der Waals surface area contributed by atoms with E-state index in [0.29, 0.717) is 0 Å². The van der Waals surface area contributed by atoms with Crippen molar-refractivity contribution in [2.24, 2.45) is 5.73 Å². The molecule has 1 fully saturated rings. The van der Waals surface area contributed by atoms with Crippen LogP contribution in [0.25, 0.3) is 0 Å². The van der Waals surface area contributed by atoms with Gasteiger partial charge >= 0.3 is 0 Å². The molecule has 4 heteroatoms. The van der Waals surface area contributed by atoms with Gasteiger partial charge in [-0.3, -0.25) is 9.69 Å². The topological polar surface area (TPSA) is 58.4 Å². The van der Waals surface area contributed by atoms with Gasteiger partial charge < -0.3 is 11.1 Å². The van der Waals surface area contributed by atoms with Crippen molar-refractivity contribution < 1.29 is 4.79 Å². The lowest BCUT2D eigenvalue weighted by atomic mass is 10.2. The zero-order valence-corrected chi connectivity index (χ0v) is 8.25. The Kier molecular flexibility index (Phi) is 4.18. The summed E-state index contributed by atoms with van der Waals surface area (Å²) in [5.41, 5.74) is 5.29. The van der Waals surface area contributed by atoms with Crippen molar-refractivity contribution in [2.45, 2.75) is 25.8 Å². The normalized spacial score (nSPS) is 23.6. The summed E-state index contributed by atoms with van der Waals surface area (Å²) >= 11 is 0. The fraction of sp³-hybridized carbons (Fsp3) is 0.889. The van der Waals surface area contributed by atoms with Gasteiger partial charge in [-0.2, -0.15) is 0 Å². The summed E-state index contributed by atoms with van der Waals surface area (Å²) in [7, 11) is 0. The first-order valence-corrected chi connectivity index (χ1v) is 4.99. The first-order chi connectivity index (χ1) is 6.25. The van der Waals surface area contributed by atoms with Crippen molar-refractivity contribution in [3.8, 4) is 0 Å². The highest BCUT2D eigenvalue weighted by Crippen LogP contribution is 2.15. The largest absolute Gasteiger partial charge is 0.368 e. The fourth-order valence-corrected chi connectivity index (χ4v) is 1.82. The van der Waals surface area contributed by atoms with Crippen LogP contribution in [0.15, 0.2) is 0 Å². The molecule has 0 spiro atoms. The number of carbonyl (C=O) groups excluding carboxylic acids is 1. The molecule has 1 amide bonds. The molecule has 1 saturated heterocycles. The summed E-state index contributed by atoms with van der Waals surface area (Å²) in [6.45, 7) is 5.95. The molecule has 1 aliphatic heterocycles. The van der Waals surface area contributed by atoms with Crippen molar-refractivity contribution in [3.05, 3.63) is 0 Å². The minimum atomic E-state index is -0.172. The highest BCUT2D eigenvalue weighted by Gasteiger charge is 2.27. The highest BCUT2D eigenvalue weighted by atomic mass is 16.1. The molecular formula is C9H19N3O. The Morgan fingerprint density at radius 2 is 2.46 bits per heavy atom. The molecule has 76 valence electrons. The Labute approximate surface area is 79.5 Å². The van der Waals surface area contributed by atoms with Crippen molar-refractivity contribution in [1.82, 2.24) is 10.2 Å². The lowest BCUT2D eigenvalue weighted by molar-refractivity contribution is -0.122. The maximum absolute atomic E-state index is 11.0. The molecule has 0 aromatic carbocycles. The van der Waals surface area contributed by atoms with E-state index in [1.165, 1.54) is 0 Å². The highest BCUT2D eigenvalue weighted by molar-refractivity contribution is 5.80. The molecule has 1 atom stereocenters. The minimum absolute atomic E-state index is 0.0151. The zero-order chi connectivity index (χ0) is 9.68. The van der Waals surface area contributed by atoms with Crippen molar-refractivity contribution in [2.75, 3.05) is 26.2 Å². The monoisotopic (exact) mass is 185 g/mol. The smallest absolute Gasteiger partial charge is 0.234 e. The van der Waals surface area contributed by atoms with Crippen LogP contribution < -0.4 is 11.1 Å². The molecule has 0 saturated carbocycles. The molecule has 0 aliphatic carbocycles. The molecule has 0 radical (unpaired) electrons.